The van der Waals surface area contributed by atoms with Crippen molar-refractivity contribution in [3.05, 3.63) is 36.5 Å². The van der Waals surface area contributed by atoms with Crippen molar-refractivity contribution in [2.75, 3.05) is 0 Å². The Labute approximate surface area is 129 Å². The zero-order valence-corrected chi connectivity index (χ0v) is 13.0. The summed E-state index contributed by atoms with van der Waals surface area (Å²) in [6.45, 7) is 4.30. The minimum Gasteiger partial charge on any atom is -0.481 e. The fraction of sp³-hybridized carbons (Fsp3) is 0.412. The van der Waals surface area contributed by atoms with E-state index >= 15 is 0 Å². The SMILES string of the molecule is CC(C)(CCC(=O)O)NC(=O)CCn1ccc2ccccc21. The minimum absolute atomic E-state index is 0.0511. The second-order valence-corrected chi connectivity index (χ2v) is 6.14. The van der Waals surface area contributed by atoms with E-state index in [1.807, 2.05) is 50.4 Å². The number of amides is 1. The largest absolute Gasteiger partial charge is 0.481 e. The zero-order valence-electron chi connectivity index (χ0n) is 13.0. The number of carboxylic acid groups (broad SMARTS) is 1. The van der Waals surface area contributed by atoms with E-state index in [-0.39, 0.29) is 12.3 Å². The first-order chi connectivity index (χ1) is 10.4. The molecule has 2 rings (SSSR count). The summed E-state index contributed by atoms with van der Waals surface area (Å²) in [5.74, 6) is -0.908. The van der Waals surface area contributed by atoms with E-state index in [0.717, 1.165) is 10.9 Å². The normalized spacial score (nSPS) is 11.5. The number of hydrogen-bond acceptors (Lipinski definition) is 2. The first-order valence-electron chi connectivity index (χ1n) is 7.44. The van der Waals surface area contributed by atoms with Gasteiger partial charge in [0.05, 0.1) is 0 Å². The summed E-state index contributed by atoms with van der Waals surface area (Å²) in [5, 5.41) is 12.8. The van der Waals surface area contributed by atoms with Crippen LogP contribution in [-0.4, -0.2) is 27.1 Å². The van der Waals surface area contributed by atoms with E-state index in [9.17, 15) is 9.59 Å². The highest BCUT2D eigenvalue weighted by Gasteiger charge is 2.21. The molecule has 1 amide bonds. The summed E-state index contributed by atoms with van der Waals surface area (Å²) in [4.78, 5) is 22.7. The first kappa shape index (κ1) is 16.1. The number of carbonyl (C=O) groups excluding carboxylic acids is 1. The number of carboxylic acids is 1. The quantitative estimate of drug-likeness (QED) is 0.826. The van der Waals surface area contributed by atoms with Crippen LogP contribution in [0.5, 0.6) is 0 Å². The smallest absolute Gasteiger partial charge is 0.303 e. The lowest BCUT2D eigenvalue weighted by Gasteiger charge is -2.25. The molecule has 1 heterocycles. The highest BCUT2D eigenvalue weighted by Crippen LogP contribution is 2.16. The Bertz CT molecular complexity index is 673. The lowest BCUT2D eigenvalue weighted by Crippen LogP contribution is -2.43. The van der Waals surface area contributed by atoms with E-state index in [2.05, 4.69) is 9.88 Å². The summed E-state index contributed by atoms with van der Waals surface area (Å²) < 4.78 is 2.05. The number of nitrogens with zero attached hydrogens (tertiary/aromatic N) is 1. The van der Waals surface area contributed by atoms with Crippen LogP contribution in [0.15, 0.2) is 36.5 Å². The van der Waals surface area contributed by atoms with Crippen molar-refractivity contribution in [1.82, 2.24) is 9.88 Å². The Hall–Kier alpha value is -2.30. The van der Waals surface area contributed by atoms with Crippen LogP contribution in [0.3, 0.4) is 0 Å². The van der Waals surface area contributed by atoms with Crippen LogP contribution in [-0.2, 0) is 16.1 Å². The van der Waals surface area contributed by atoms with Gasteiger partial charge in [-0.15, -0.1) is 0 Å². The molecular weight excluding hydrogens is 280 g/mol. The highest BCUT2D eigenvalue weighted by atomic mass is 16.4. The molecule has 2 N–H and O–H groups in total. The molecule has 1 aromatic carbocycles. The maximum atomic E-state index is 12.1. The third-order valence-electron chi connectivity index (χ3n) is 3.70. The van der Waals surface area contributed by atoms with Gasteiger partial charge in [0.2, 0.25) is 5.91 Å². The van der Waals surface area contributed by atoms with E-state index in [4.69, 9.17) is 5.11 Å². The molecule has 0 radical (unpaired) electrons. The summed E-state index contributed by atoms with van der Waals surface area (Å²) in [6.07, 6.45) is 2.82. The fourth-order valence-electron chi connectivity index (χ4n) is 2.48. The number of para-hydroxylation sites is 1. The van der Waals surface area contributed by atoms with Crippen LogP contribution >= 0.6 is 0 Å². The Morgan fingerprint density at radius 1 is 1.18 bits per heavy atom. The van der Waals surface area contributed by atoms with Crippen LogP contribution < -0.4 is 5.32 Å². The molecule has 0 atom stereocenters. The molecule has 0 unspecified atom stereocenters. The molecule has 0 aliphatic carbocycles. The minimum atomic E-state index is -0.846. The standard InChI is InChI=1S/C17H22N2O3/c1-17(2,10-7-16(21)22)18-15(20)9-12-19-11-8-13-5-3-4-6-14(13)19/h3-6,8,11H,7,9-10,12H2,1-2H3,(H,18,20)(H,21,22). The number of benzene rings is 1. The van der Waals surface area contributed by atoms with Gasteiger partial charge in [0, 0.05) is 36.6 Å². The number of aromatic nitrogens is 1. The predicted octanol–water partition coefficient (Wildman–Crippen LogP) is 2.79. The maximum Gasteiger partial charge on any atom is 0.303 e. The molecule has 0 spiro atoms. The van der Waals surface area contributed by atoms with Crippen LogP contribution in [0.2, 0.25) is 0 Å². The van der Waals surface area contributed by atoms with E-state index < -0.39 is 11.5 Å². The van der Waals surface area contributed by atoms with Crippen LogP contribution in [0, 0.1) is 0 Å². The zero-order chi connectivity index (χ0) is 16.2. The fourth-order valence-corrected chi connectivity index (χ4v) is 2.48. The van der Waals surface area contributed by atoms with Gasteiger partial charge in [-0.1, -0.05) is 18.2 Å². The molecule has 0 aliphatic rings. The molecular formula is C17H22N2O3. The highest BCUT2D eigenvalue weighted by molar-refractivity contribution is 5.80. The molecule has 5 heteroatoms. The Morgan fingerprint density at radius 2 is 1.91 bits per heavy atom. The maximum absolute atomic E-state index is 12.1. The lowest BCUT2D eigenvalue weighted by molar-refractivity contribution is -0.137. The van der Waals surface area contributed by atoms with Gasteiger partial charge < -0.3 is 15.0 Å². The Morgan fingerprint density at radius 3 is 2.64 bits per heavy atom. The van der Waals surface area contributed by atoms with Gasteiger partial charge in [0.1, 0.15) is 0 Å². The number of fused-ring (bicyclic) bond motifs is 1. The Kier molecular flexibility index (Phi) is 4.85. The molecule has 0 saturated heterocycles. The number of aryl methyl sites for hydroxylation is 1. The molecule has 0 saturated carbocycles. The molecule has 0 fully saturated rings. The first-order valence-corrected chi connectivity index (χ1v) is 7.44. The van der Waals surface area contributed by atoms with Crippen LogP contribution in [0.4, 0.5) is 0 Å². The van der Waals surface area contributed by atoms with Crippen molar-refractivity contribution in [3.8, 4) is 0 Å². The number of aliphatic carboxylic acids is 1. The molecule has 1 aromatic heterocycles. The molecule has 22 heavy (non-hydrogen) atoms. The van der Waals surface area contributed by atoms with Crippen molar-refractivity contribution in [2.24, 2.45) is 0 Å². The van der Waals surface area contributed by atoms with Gasteiger partial charge >= 0.3 is 5.97 Å². The number of nitrogens with one attached hydrogen (secondary N) is 1. The second kappa shape index (κ2) is 6.64. The Balaban J connectivity index is 1.88. The molecule has 0 aliphatic heterocycles. The van der Waals surface area contributed by atoms with Crippen LogP contribution in [0.25, 0.3) is 10.9 Å². The van der Waals surface area contributed by atoms with Crippen LogP contribution in [0.1, 0.15) is 33.1 Å². The van der Waals surface area contributed by atoms with Crippen molar-refractivity contribution in [3.63, 3.8) is 0 Å². The lowest BCUT2D eigenvalue weighted by atomic mass is 9.98. The molecule has 0 bridgehead atoms. The second-order valence-electron chi connectivity index (χ2n) is 6.14. The van der Waals surface area contributed by atoms with Gasteiger partial charge in [0.15, 0.2) is 0 Å². The average Bonchev–Trinajstić information content (AvgIpc) is 2.86. The summed E-state index contributed by atoms with van der Waals surface area (Å²) in [5.41, 5.74) is 0.606. The molecule has 5 nitrogen and oxygen atoms in total. The van der Waals surface area contributed by atoms with Gasteiger partial charge in [-0.2, -0.15) is 0 Å². The molecule has 118 valence electrons. The summed E-state index contributed by atoms with van der Waals surface area (Å²) >= 11 is 0. The van der Waals surface area contributed by atoms with E-state index in [1.165, 1.54) is 0 Å². The van der Waals surface area contributed by atoms with Crippen molar-refractivity contribution in [1.29, 1.82) is 0 Å². The van der Waals surface area contributed by atoms with Gasteiger partial charge in [-0.25, -0.2) is 0 Å². The van der Waals surface area contributed by atoms with Gasteiger partial charge in [0.25, 0.3) is 0 Å². The topological polar surface area (TPSA) is 71.3 Å². The van der Waals surface area contributed by atoms with Gasteiger partial charge in [-0.3, -0.25) is 9.59 Å². The third-order valence-corrected chi connectivity index (χ3v) is 3.70. The van der Waals surface area contributed by atoms with E-state index in [1.54, 1.807) is 0 Å². The monoisotopic (exact) mass is 302 g/mol. The predicted molar refractivity (Wildman–Crippen MR) is 85.6 cm³/mol. The van der Waals surface area contributed by atoms with Gasteiger partial charge in [-0.05, 0) is 37.8 Å². The number of carbonyl (C=O) groups is 2. The number of rotatable bonds is 7. The van der Waals surface area contributed by atoms with E-state index in [0.29, 0.717) is 19.4 Å². The third kappa shape index (κ3) is 4.35. The average molecular weight is 302 g/mol. The summed E-state index contributed by atoms with van der Waals surface area (Å²) in [6, 6.07) is 10.1. The number of hydrogen-bond donors (Lipinski definition) is 2. The van der Waals surface area contributed by atoms with Crippen molar-refractivity contribution < 1.29 is 14.7 Å². The summed E-state index contributed by atoms with van der Waals surface area (Å²) in [7, 11) is 0. The van der Waals surface area contributed by atoms with Crippen molar-refractivity contribution >= 4 is 22.8 Å². The van der Waals surface area contributed by atoms with Crippen molar-refractivity contribution in [2.45, 2.75) is 45.2 Å². The molecule has 2 aromatic rings.